The number of anilines is 1. The predicted octanol–water partition coefficient (Wildman–Crippen LogP) is 1.33. The van der Waals surface area contributed by atoms with E-state index in [1.165, 1.54) is 19.1 Å². The Kier molecular flexibility index (Phi) is 4.65. The summed E-state index contributed by atoms with van der Waals surface area (Å²) in [6.07, 6.45) is 0.739. The minimum absolute atomic E-state index is 0.190. The highest BCUT2D eigenvalue weighted by Crippen LogP contribution is 2.13. The highest BCUT2D eigenvalue weighted by atomic mass is 32.2. The van der Waals surface area contributed by atoms with Crippen LogP contribution in [0.5, 0.6) is 0 Å². The first-order valence-electron chi connectivity index (χ1n) is 5.33. The fourth-order valence-corrected chi connectivity index (χ4v) is 2.37. The predicted molar refractivity (Wildman–Crippen MR) is 66.2 cm³/mol. The molecule has 0 aromatic heterocycles. The minimum atomic E-state index is -3.43. The third-order valence-electron chi connectivity index (χ3n) is 2.03. The molecule has 6 heteroatoms. The van der Waals surface area contributed by atoms with Crippen molar-refractivity contribution < 1.29 is 13.2 Å². The van der Waals surface area contributed by atoms with Crippen molar-refractivity contribution in [1.82, 2.24) is 4.72 Å². The Bertz CT molecular complexity index is 480. The maximum atomic E-state index is 11.7. The first-order chi connectivity index (χ1) is 7.95. The van der Waals surface area contributed by atoms with Gasteiger partial charge in [0.05, 0.1) is 4.90 Å². The lowest BCUT2D eigenvalue weighted by Crippen LogP contribution is -2.24. The van der Waals surface area contributed by atoms with Crippen LogP contribution in [0.4, 0.5) is 5.69 Å². The fraction of sp³-hybridized carbons (Fsp3) is 0.364. The van der Waals surface area contributed by atoms with Crippen LogP contribution >= 0.6 is 0 Å². The maximum Gasteiger partial charge on any atom is 0.240 e. The summed E-state index contributed by atoms with van der Waals surface area (Å²) in [5, 5.41) is 2.57. The van der Waals surface area contributed by atoms with E-state index in [1.54, 1.807) is 12.1 Å². The summed E-state index contributed by atoms with van der Waals surface area (Å²) < 4.78 is 25.9. The van der Waals surface area contributed by atoms with Gasteiger partial charge in [-0.2, -0.15) is 0 Å². The molecule has 0 unspecified atom stereocenters. The van der Waals surface area contributed by atoms with Crippen molar-refractivity contribution in [2.45, 2.75) is 25.2 Å². The van der Waals surface area contributed by atoms with Crippen LogP contribution in [0.2, 0.25) is 0 Å². The van der Waals surface area contributed by atoms with Crippen LogP contribution in [0.25, 0.3) is 0 Å². The molecule has 17 heavy (non-hydrogen) atoms. The van der Waals surface area contributed by atoms with E-state index in [2.05, 4.69) is 10.0 Å². The van der Waals surface area contributed by atoms with E-state index in [0.29, 0.717) is 12.2 Å². The van der Waals surface area contributed by atoms with Gasteiger partial charge in [0.15, 0.2) is 0 Å². The first kappa shape index (κ1) is 13.7. The van der Waals surface area contributed by atoms with Gasteiger partial charge in [-0.05, 0) is 30.7 Å². The summed E-state index contributed by atoms with van der Waals surface area (Å²) in [7, 11) is -3.43. The lowest BCUT2D eigenvalue weighted by Gasteiger charge is -2.06. The molecule has 0 heterocycles. The van der Waals surface area contributed by atoms with Crippen LogP contribution in [-0.4, -0.2) is 20.9 Å². The first-order valence-corrected chi connectivity index (χ1v) is 6.81. The number of amides is 1. The zero-order valence-corrected chi connectivity index (χ0v) is 10.7. The van der Waals surface area contributed by atoms with E-state index < -0.39 is 10.0 Å². The van der Waals surface area contributed by atoms with E-state index in [9.17, 15) is 13.2 Å². The molecule has 0 aliphatic rings. The lowest BCUT2D eigenvalue weighted by atomic mass is 10.3. The largest absolute Gasteiger partial charge is 0.326 e. The molecule has 5 nitrogen and oxygen atoms in total. The molecular weight excluding hydrogens is 240 g/mol. The zero-order chi connectivity index (χ0) is 12.9. The molecule has 0 spiro atoms. The number of rotatable bonds is 5. The lowest BCUT2D eigenvalue weighted by molar-refractivity contribution is -0.114. The molecule has 1 rings (SSSR count). The van der Waals surface area contributed by atoms with E-state index in [4.69, 9.17) is 0 Å². The van der Waals surface area contributed by atoms with Gasteiger partial charge in [-0.15, -0.1) is 0 Å². The minimum Gasteiger partial charge on any atom is -0.326 e. The molecule has 0 saturated carbocycles. The number of carbonyl (C=O) groups excluding carboxylic acids is 1. The summed E-state index contributed by atoms with van der Waals surface area (Å²) in [4.78, 5) is 11.0. The normalized spacial score (nSPS) is 11.2. The van der Waals surface area contributed by atoms with E-state index in [-0.39, 0.29) is 10.8 Å². The van der Waals surface area contributed by atoms with Crippen molar-refractivity contribution in [1.29, 1.82) is 0 Å². The van der Waals surface area contributed by atoms with Crippen LogP contribution in [0, 0.1) is 0 Å². The van der Waals surface area contributed by atoms with Gasteiger partial charge >= 0.3 is 0 Å². The van der Waals surface area contributed by atoms with Gasteiger partial charge in [-0.3, -0.25) is 4.79 Å². The highest BCUT2D eigenvalue weighted by molar-refractivity contribution is 7.89. The van der Waals surface area contributed by atoms with Gasteiger partial charge in [0, 0.05) is 19.2 Å². The number of hydrogen-bond donors (Lipinski definition) is 2. The summed E-state index contributed by atoms with van der Waals surface area (Å²) in [6, 6.07) is 6.04. The molecule has 0 atom stereocenters. The van der Waals surface area contributed by atoms with Crippen LogP contribution < -0.4 is 10.0 Å². The molecule has 1 amide bonds. The second-order valence-corrected chi connectivity index (χ2v) is 5.37. The van der Waals surface area contributed by atoms with Gasteiger partial charge in [-0.25, -0.2) is 13.1 Å². The van der Waals surface area contributed by atoms with Crippen molar-refractivity contribution in [2.24, 2.45) is 0 Å². The zero-order valence-electron chi connectivity index (χ0n) is 9.86. The molecule has 94 valence electrons. The smallest absolute Gasteiger partial charge is 0.240 e. The number of benzene rings is 1. The Morgan fingerprint density at radius 2 is 1.82 bits per heavy atom. The van der Waals surface area contributed by atoms with Crippen molar-refractivity contribution in [3.8, 4) is 0 Å². The van der Waals surface area contributed by atoms with E-state index >= 15 is 0 Å². The van der Waals surface area contributed by atoms with Crippen LogP contribution in [-0.2, 0) is 14.8 Å². The maximum absolute atomic E-state index is 11.7. The van der Waals surface area contributed by atoms with Crippen molar-refractivity contribution in [2.75, 3.05) is 11.9 Å². The number of sulfonamides is 1. The van der Waals surface area contributed by atoms with Gasteiger partial charge < -0.3 is 5.32 Å². The molecule has 2 N–H and O–H groups in total. The summed E-state index contributed by atoms with van der Waals surface area (Å²) in [5.74, 6) is -0.190. The Morgan fingerprint density at radius 3 is 2.29 bits per heavy atom. The van der Waals surface area contributed by atoms with Crippen LogP contribution in [0.3, 0.4) is 0 Å². The Labute approximate surface area is 101 Å². The van der Waals surface area contributed by atoms with Crippen molar-refractivity contribution in [3.05, 3.63) is 24.3 Å². The molecule has 1 aromatic carbocycles. The van der Waals surface area contributed by atoms with Gasteiger partial charge in [0.25, 0.3) is 0 Å². The SMILES string of the molecule is CCCNS(=O)(=O)c1ccc(NC(C)=O)cc1. The number of nitrogens with one attached hydrogen (secondary N) is 2. The molecule has 0 fully saturated rings. The number of hydrogen-bond acceptors (Lipinski definition) is 3. The number of carbonyl (C=O) groups is 1. The monoisotopic (exact) mass is 256 g/mol. The second-order valence-electron chi connectivity index (χ2n) is 3.60. The molecule has 0 aliphatic heterocycles. The Morgan fingerprint density at radius 1 is 1.24 bits per heavy atom. The molecule has 0 radical (unpaired) electrons. The molecule has 0 aliphatic carbocycles. The summed E-state index contributed by atoms with van der Waals surface area (Å²) in [5.41, 5.74) is 0.576. The van der Waals surface area contributed by atoms with Gasteiger partial charge in [0.2, 0.25) is 15.9 Å². The van der Waals surface area contributed by atoms with Crippen molar-refractivity contribution >= 4 is 21.6 Å². The fourth-order valence-electron chi connectivity index (χ4n) is 1.24. The Balaban J connectivity index is 2.83. The van der Waals surface area contributed by atoms with Crippen LogP contribution in [0.1, 0.15) is 20.3 Å². The molecule has 0 saturated heterocycles. The third-order valence-corrected chi connectivity index (χ3v) is 3.50. The quantitative estimate of drug-likeness (QED) is 0.834. The topological polar surface area (TPSA) is 75.3 Å². The average Bonchev–Trinajstić information content (AvgIpc) is 2.26. The second kappa shape index (κ2) is 5.79. The van der Waals surface area contributed by atoms with Crippen molar-refractivity contribution in [3.63, 3.8) is 0 Å². The molecule has 0 bridgehead atoms. The van der Waals surface area contributed by atoms with Gasteiger partial charge in [-0.1, -0.05) is 6.92 Å². The van der Waals surface area contributed by atoms with E-state index in [0.717, 1.165) is 6.42 Å². The van der Waals surface area contributed by atoms with Gasteiger partial charge in [0.1, 0.15) is 0 Å². The average molecular weight is 256 g/mol. The standard InChI is InChI=1S/C11H16N2O3S/c1-3-8-12-17(15,16)11-6-4-10(5-7-11)13-9(2)14/h4-7,12H,3,8H2,1-2H3,(H,13,14). The summed E-state index contributed by atoms with van der Waals surface area (Å²) >= 11 is 0. The third kappa shape index (κ3) is 4.16. The molecular formula is C11H16N2O3S. The highest BCUT2D eigenvalue weighted by Gasteiger charge is 2.12. The van der Waals surface area contributed by atoms with Crippen LogP contribution in [0.15, 0.2) is 29.2 Å². The summed E-state index contributed by atoms with van der Waals surface area (Å²) in [6.45, 7) is 3.70. The Hall–Kier alpha value is -1.40. The molecule has 1 aromatic rings. The van der Waals surface area contributed by atoms with E-state index in [1.807, 2.05) is 6.92 Å².